The molecule has 1 aromatic heterocycles. The second-order valence-electron chi connectivity index (χ2n) is 3.83. The van der Waals surface area contributed by atoms with Gasteiger partial charge in [-0.25, -0.2) is 0 Å². The fraction of sp³-hybridized carbons (Fsp3) is 0.700. The van der Waals surface area contributed by atoms with Gasteiger partial charge in [0.15, 0.2) is 0 Å². The van der Waals surface area contributed by atoms with Crippen LogP contribution in [-0.4, -0.2) is 22.4 Å². The maximum Gasteiger partial charge on any atom is 0.0639 e. The largest absolute Gasteiger partial charge is 0.314 e. The Morgan fingerprint density at radius 1 is 1.62 bits per heavy atom. The van der Waals surface area contributed by atoms with Crippen molar-refractivity contribution in [1.82, 2.24) is 15.1 Å². The SMILES string of the molecule is Cn1ccc(CC2CCCCN2)n1. The van der Waals surface area contributed by atoms with Crippen molar-refractivity contribution in [1.29, 1.82) is 0 Å². The summed E-state index contributed by atoms with van der Waals surface area (Å²) in [7, 11) is 1.97. The molecule has 1 aliphatic heterocycles. The maximum absolute atomic E-state index is 4.38. The molecule has 2 rings (SSSR count). The van der Waals surface area contributed by atoms with Gasteiger partial charge in [0, 0.05) is 25.7 Å². The van der Waals surface area contributed by atoms with E-state index in [4.69, 9.17) is 0 Å². The van der Waals surface area contributed by atoms with Crippen LogP contribution in [0.4, 0.5) is 0 Å². The third-order valence-corrected chi connectivity index (χ3v) is 2.64. The number of nitrogens with one attached hydrogen (secondary N) is 1. The lowest BCUT2D eigenvalue weighted by Crippen LogP contribution is -2.35. The number of hydrogen-bond donors (Lipinski definition) is 1. The van der Waals surface area contributed by atoms with E-state index in [9.17, 15) is 0 Å². The Hall–Kier alpha value is -0.830. The minimum Gasteiger partial charge on any atom is -0.314 e. The molecule has 0 aromatic carbocycles. The van der Waals surface area contributed by atoms with Crippen molar-refractivity contribution in [2.24, 2.45) is 7.05 Å². The van der Waals surface area contributed by atoms with Crippen LogP contribution in [0, 0.1) is 0 Å². The van der Waals surface area contributed by atoms with Gasteiger partial charge in [-0.1, -0.05) is 6.42 Å². The second kappa shape index (κ2) is 3.92. The Bertz CT molecular complexity index is 261. The van der Waals surface area contributed by atoms with Gasteiger partial charge >= 0.3 is 0 Å². The average molecular weight is 179 g/mol. The molecule has 0 bridgehead atoms. The summed E-state index contributed by atoms with van der Waals surface area (Å²) in [5, 5.41) is 7.91. The third kappa shape index (κ3) is 2.31. The van der Waals surface area contributed by atoms with Gasteiger partial charge in [0.2, 0.25) is 0 Å². The Morgan fingerprint density at radius 2 is 2.54 bits per heavy atom. The summed E-state index contributed by atoms with van der Waals surface area (Å²) < 4.78 is 1.87. The third-order valence-electron chi connectivity index (χ3n) is 2.64. The average Bonchev–Trinajstić information content (AvgIpc) is 2.53. The second-order valence-corrected chi connectivity index (χ2v) is 3.83. The van der Waals surface area contributed by atoms with E-state index in [0.29, 0.717) is 6.04 Å². The molecule has 1 saturated heterocycles. The summed E-state index contributed by atoms with van der Waals surface area (Å²) in [5.74, 6) is 0. The molecule has 0 amide bonds. The zero-order valence-electron chi connectivity index (χ0n) is 8.16. The zero-order chi connectivity index (χ0) is 9.10. The van der Waals surface area contributed by atoms with Crippen LogP contribution >= 0.6 is 0 Å². The molecule has 13 heavy (non-hydrogen) atoms. The zero-order valence-corrected chi connectivity index (χ0v) is 8.16. The van der Waals surface area contributed by atoms with Gasteiger partial charge in [-0.2, -0.15) is 5.10 Å². The number of nitrogens with zero attached hydrogens (tertiary/aromatic N) is 2. The van der Waals surface area contributed by atoms with Gasteiger partial charge in [-0.15, -0.1) is 0 Å². The molecule has 1 atom stereocenters. The van der Waals surface area contributed by atoms with Crippen LogP contribution in [0.2, 0.25) is 0 Å². The molecule has 2 heterocycles. The molecule has 3 heteroatoms. The summed E-state index contributed by atoms with van der Waals surface area (Å²) in [6.45, 7) is 1.18. The van der Waals surface area contributed by atoms with Gasteiger partial charge in [0.1, 0.15) is 0 Å². The van der Waals surface area contributed by atoms with E-state index in [1.807, 2.05) is 17.9 Å². The van der Waals surface area contributed by atoms with Crippen LogP contribution in [0.3, 0.4) is 0 Å². The van der Waals surface area contributed by atoms with Crippen molar-refractivity contribution in [3.05, 3.63) is 18.0 Å². The highest BCUT2D eigenvalue weighted by molar-refractivity contribution is 5.01. The van der Waals surface area contributed by atoms with Crippen LogP contribution in [0.25, 0.3) is 0 Å². The van der Waals surface area contributed by atoms with Crippen molar-refractivity contribution in [3.63, 3.8) is 0 Å². The van der Waals surface area contributed by atoms with Gasteiger partial charge in [-0.3, -0.25) is 4.68 Å². The van der Waals surface area contributed by atoms with E-state index >= 15 is 0 Å². The van der Waals surface area contributed by atoms with Crippen LogP contribution in [0.15, 0.2) is 12.3 Å². The number of rotatable bonds is 2. The predicted molar refractivity (Wildman–Crippen MR) is 52.6 cm³/mol. The monoisotopic (exact) mass is 179 g/mol. The molecule has 0 aliphatic carbocycles. The quantitative estimate of drug-likeness (QED) is 0.737. The first-order valence-electron chi connectivity index (χ1n) is 5.06. The highest BCUT2D eigenvalue weighted by Gasteiger charge is 2.13. The fourth-order valence-electron chi connectivity index (χ4n) is 1.92. The van der Waals surface area contributed by atoms with E-state index in [1.54, 1.807) is 0 Å². The molecule has 1 aromatic rings. The Morgan fingerprint density at radius 3 is 3.15 bits per heavy atom. The van der Waals surface area contributed by atoms with Crippen molar-refractivity contribution >= 4 is 0 Å². The highest BCUT2D eigenvalue weighted by Crippen LogP contribution is 2.11. The lowest BCUT2D eigenvalue weighted by Gasteiger charge is -2.22. The molecule has 1 fully saturated rings. The number of hydrogen-bond acceptors (Lipinski definition) is 2. The minimum absolute atomic E-state index is 0.656. The normalized spacial score (nSPS) is 23.3. The highest BCUT2D eigenvalue weighted by atomic mass is 15.2. The fourth-order valence-corrected chi connectivity index (χ4v) is 1.92. The van der Waals surface area contributed by atoms with Crippen LogP contribution in [-0.2, 0) is 13.5 Å². The van der Waals surface area contributed by atoms with Gasteiger partial charge < -0.3 is 5.32 Å². The maximum atomic E-state index is 4.38. The van der Waals surface area contributed by atoms with Crippen LogP contribution in [0.5, 0.6) is 0 Å². The molecular formula is C10H17N3. The molecular weight excluding hydrogens is 162 g/mol. The van der Waals surface area contributed by atoms with E-state index < -0.39 is 0 Å². The smallest absolute Gasteiger partial charge is 0.0639 e. The minimum atomic E-state index is 0.656. The number of piperidine rings is 1. The van der Waals surface area contributed by atoms with E-state index in [-0.39, 0.29) is 0 Å². The van der Waals surface area contributed by atoms with Crippen molar-refractivity contribution in [2.75, 3.05) is 6.54 Å². The first-order chi connectivity index (χ1) is 6.34. The summed E-state index contributed by atoms with van der Waals surface area (Å²) in [6, 6.07) is 2.76. The summed E-state index contributed by atoms with van der Waals surface area (Å²) in [4.78, 5) is 0. The van der Waals surface area contributed by atoms with Crippen LogP contribution in [0.1, 0.15) is 25.0 Å². The molecule has 1 aliphatic rings. The Labute approximate surface area is 79.1 Å². The Balaban J connectivity index is 1.89. The topological polar surface area (TPSA) is 29.9 Å². The van der Waals surface area contributed by atoms with E-state index in [0.717, 1.165) is 6.42 Å². The van der Waals surface area contributed by atoms with Gasteiger partial charge in [-0.05, 0) is 25.5 Å². The Kier molecular flexibility index (Phi) is 2.64. The summed E-state index contributed by atoms with van der Waals surface area (Å²) in [6.07, 6.45) is 7.10. The first-order valence-corrected chi connectivity index (χ1v) is 5.06. The molecule has 72 valence electrons. The molecule has 3 nitrogen and oxygen atoms in total. The lowest BCUT2D eigenvalue weighted by molar-refractivity contribution is 0.396. The number of aromatic nitrogens is 2. The molecule has 1 N–H and O–H groups in total. The molecule has 0 saturated carbocycles. The van der Waals surface area contributed by atoms with Crippen molar-refractivity contribution < 1.29 is 0 Å². The van der Waals surface area contributed by atoms with Gasteiger partial charge in [0.05, 0.1) is 5.69 Å². The lowest BCUT2D eigenvalue weighted by atomic mass is 10.0. The molecule has 0 radical (unpaired) electrons. The van der Waals surface area contributed by atoms with Crippen molar-refractivity contribution in [2.45, 2.75) is 31.7 Å². The van der Waals surface area contributed by atoms with E-state index in [1.165, 1.54) is 31.5 Å². The summed E-state index contributed by atoms with van der Waals surface area (Å²) in [5.41, 5.74) is 1.21. The van der Waals surface area contributed by atoms with Crippen molar-refractivity contribution in [3.8, 4) is 0 Å². The van der Waals surface area contributed by atoms with Crippen LogP contribution < -0.4 is 5.32 Å². The predicted octanol–water partition coefficient (Wildman–Crippen LogP) is 1.10. The molecule has 0 spiro atoms. The standard InChI is InChI=1S/C10H17N3/c1-13-7-5-10(12-13)8-9-4-2-3-6-11-9/h5,7,9,11H,2-4,6,8H2,1H3. The van der Waals surface area contributed by atoms with Gasteiger partial charge in [0.25, 0.3) is 0 Å². The van der Waals surface area contributed by atoms with E-state index in [2.05, 4.69) is 16.5 Å². The first kappa shape index (κ1) is 8.75. The number of aryl methyl sites for hydroxylation is 1. The molecule has 1 unspecified atom stereocenters. The summed E-state index contributed by atoms with van der Waals surface area (Å²) >= 11 is 0.